The van der Waals surface area contributed by atoms with Crippen molar-refractivity contribution in [3.8, 4) is 5.75 Å². The number of aliphatic hydroxyl groups excluding tert-OH is 1. The minimum absolute atomic E-state index is 0.0690. The highest BCUT2D eigenvalue weighted by molar-refractivity contribution is 5.92. The summed E-state index contributed by atoms with van der Waals surface area (Å²) >= 11 is 0. The van der Waals surface area contributed by atoms with Crippen molar-refractivity contribution >= 4 is 23.5 Å². The van der Waals surface area contributed by atoms with Crippen LogP contribution in [0.1, 0.15) is 57.1 Å². The van der Waals surface area contributed by atoms with E-state index in [0.717, 1.165) is 31.2 Å². The second-order valence-corrected chi connectivity index (χ2v) is 11.6. The molecule has 2 aromatic rings. The summed E-state index contributed by atoms with van der Waals surface area (Å²) in [7, 11) is 1.77. The molecule has 1 heterocycles. The molecule has 2 aromatic carbocycles. The number of aliphatic hydroxyl groups is 1. The van der Waals surface area contributed by atoms with Crippen molar-refractivity contribution in [3.63, 3.8) is 0 Å². The summed E-state index contributed by atoms with van der Waals surface area (Å²) in [6.07, 6.45) is 5.41. The summed E-state index contributed by atoms with van der Waals surface area (Å²) in [5.41, 5.74) is 2.14. The van der Waals surface area contributed by atoms with E-state index in [9.17, 15) is 19.5 Å². The maximum absolute atomic E-state index is 13.5. The second-order valence-electron chi connectivity index (χ2n) is 11.6. The molecule has 1 aliphatic heterocycles. The van der Waals surface area contributed by atoms with Crippen LogP contribution < -0.4 is 15.4 Å². The molecule has 3 N–H and O–H groups in total. The topological polar surface area (TPSA) is 111 Å². The quantitative estimate of drug-likeness (QED) is 0.449. The van der Waals surface area contributed by atoms with E-state index in [4.69, 9.17) is 4.74 Å². The molecule has 1 aliphatic carbocycles. The van der Waals surface area contributed by atoms with E-state index in [1.807, 2.05) is 44.2 Å². The van der Waals surface area contributed by atoms with Crippen LogP contribution in [0.15, 0.2) is 48.5 Å². The predicted molar refractivity (Wildman–Crippen MR) is 159 cm³/mol. The van der Waals surface area contributed by atoms with E-state index in [-0.39, 0.29) is 55.3 Å². The molecule has 0 spiro atoms. The number of amides is 4. The van der Waals surface area contributed by atoms with Crippen LogP contribution in [0.25, 0.3) is 0 Å². The van der Waals surface area contributed by atoms with Gasteiger partial charge in [0.05, 0.1) is 32.0 Å². The number of carbonyl (C=O) groups excluding carboxylic acids is 3. The zero-order chi connectivity index (χ0) is 29.4. The highest BCUT2D eigenvalue weighted by Crippen LogP contribution is 2.29. The number of ether oxygens (including phenoxy) is 1. The maximum Gasteiger partial charge on any atom is 0.317 e. The summed E-state index contributed by atoms with van der Waals surface area (Å²) in [6.45, 7) is 4.40. The number of anilines is 1. The summed E-state index contributed by atoms with van der Waals surface area (Å²) < 4.78 is 6.53. The van der Waals surface area contributed by atoms with E-state index < -0.39 is 6.10 Å². The van der Waals surface area contributed by atoms with Crippen molar-refractivity contribution in [3.05, 3.63) is 59.7 Å². The van der Waals surface area contributed by atoms with Crippen molar-refractivity contribution in [2.45, 2.75) is 77.0 Å². The third kappa shape index (κ3) is 8.45. The number of nitrogens with one attached hydrogen (secondary N) is 2. The van der Waals surface area contributed by atoms with E-state index in [1.54, 1.807) is 35.0 Å². The van der Waals surface area contributed by atoms with Gasteiger partial charge in [0, 0.05) is 36.8 Å². The molecular formula is C32H44N4O5. The Morgan fingerprint density at radius 1 is 1.12 bits per heavy atom. The molecule has 9 heteroatoms. The Hall–Kier alpha value is -3.59. The van der Waals surface area contributed by atoms with Gasteiger partial charge < -0.3 is 30.3 Å². The van der Waals surface area contributed by atoms with Crippen LogP contribution in [0, 0.1) is 5.92 Å². The molecule has 0 aromatic heterocycles. The minimum Gasteiger partial charge on any atom is -0.488 e. The first kappa shape index (κ1) is 30.4. The molecule has 4 amide bonds. The Balaban J connectivity index is 1.53. The van der Waals surface area contributed by atoms with Gasteiger partial charge in [0.2, 0.25) is 11.8 Å². The molecule has 41 heavy (non-hydrogen) atoms. The van der Waals surface area contributed by atoms with E-state index in [0.29, 0.717) is 30.1 Å². The molecule has 222 valence electrons. The number of benzene rings is 2. The van der Waals surface area contributed by atoms with Crippen LogP contribution in [-0.4, -0.2) is 77.7 Å². The van der Waals surface area contributed by atoms with Crippen LogP contribution in [0.5, 0.6) is 5.75 Å². The fraction of sp³-hybridized carbons (Fsp3) is 0.531. The van der Waals surface area contributed by atoms with Gasteiger partial charge in [0.1, 0.15) is 11.9 Å². The number of rotatable bonds is 8. The van der Waals surface area contributed by atoms with Crippen LogP contribution in [-0.2, 0) is 22.4 Å². The Labute approximate surface area is 243 Å². The number of fused-ring (bicyclic) bond motifs is 1. The Morgan fingerprint density at radius 3 is 2.56 bits per heavy atom. The van der Waals surface area contributed by atoms with Crippen molar-refractivity contribution in [2.75, 3.05) is 32.1 Å². The summed E-state index contributed by atoms with van der Waals surface area (Å²) in [5.74, 6) is 0.157. The van der Waals surface area contributed by atoms with Crippen molar-refractivity contribution in [1.82, 2.24) is 15.1 Å². The monoisotopic (exact) mass is 564 g/mol. The zero-order valence-electron chi connectivity index (χ0n) is 24.5. The lowest BCUT2D eigenvalue weighted by atomic mass is 9.96. The van der Waals surface area contributed by atoms with Gasteiger partial charge in [0.25, 0.3) is 0 Å². The standard InChI is InChI=1S/C32H44N4O5/c1-22-19-36(23(2)21-37)31(39)18-25-17-27(33-30(38)16-24-10-6-4-7-11-24)14-15-28(25)41-29(22)20-35(3)32(40)34-26-12-8-5-9-13-26/h4,6-7,10-11,14-15,17,22-23,26,29,37H,5,8-9,12-13,16,18-21H2,1-3H3,(H,33,38)(H,34,40)/t22-,23+,29-/m1/s1. The smallest absolute Gasteiger partial charge is 0.317 e. The molecule has 1 saturated carbocycles. The van der Waals surface area contributed by atoms with Gasteiger partial charge >= 0.3 is 6.03 Å². The van der Waals surface area contributed by atoms with Gasteiger partial charge in [-0.25, -0.2) is 4.79 Å². The lowest BCUT2D eigenvalue weighted by Crippen LogP contribution is -2.50. The lowest BCUT2D eigenvalue weighted by Gasteiger charge is -2.34. The molecule has 3 atom stereocenters. The third-order valence-electron chi connectivity index (χ3n) is 8.14. The molecule has 0 unspecified atom stereocenters. The van der Waals surface area contributed by atoms with Crippen molar-refractivity contribution < 1.29 is 24.2 Å². The van der Waals surface area contributed by atoms with Gasteiger partial charge in [-0.2, -0.15) is 0 Å². The lowest BCUT2D eigenvalue weighted by molar-refractivity contribution is -0.134. The maximum atomic E-state index is 13.5. The number of urea groups is 1. The molecular weight excluding hydrogens is 520 g/mol. The van der Waals surface area contributed by atoms with Crippen molar-refractivity contribution in [1.29, 1.82) is 0 Å². The van der Waals surface area contributed by atoms with Crippen molar-refractivity contribution in [2.24, 2.45) is 5.92 Å². The minimum atomic E-state index is -0.395. The van der Waals surface area contributed by atoms with Gasteiger partial charge in [-0.1, -0.05) is 56.5 Å². The number of hydrogen-bond acceptors (Lipinski definition) is 5. The number of nitrogens with zero attached hydrogens (tertiary/aromatic N) is 2. The third-order valence-corrected chi connectivity index (χ3v) is 8.14. The first-order valence-electron chi connectivity index (χ1n) is 14.8. The first-order chi connectivity index (χ1) is 19.7. The normalized spacial score (nSPS) is 20.5. The Kier molecular flexibility index (Phi) is 10.6. The van der Waals surface area contributed by atoms with Gasteiger partial charge in [-0.15, -0.1) is 0 Å². The molecule has 0 radical (unpaired) electrons. The molecule has 0 saturated heterocycles. The highest BCUT2D eigenvalue weighted by atomic mass is 16.5. The highest BCUT2D eigenvalue weighted by Gasteiger charge is 2.32. The number of likely N-dealkylation sites (N-methyl/N-ethyl adjacent to an activating group) is 1. The molecule has 9 nitrogen and oxygen atoms in total. The summed E-state index contributed by atoms with van der Waals surface area (Å²) in [6, 6.07) is 14.6. The van der Waals surface area contributed by atoms with Crippen LogP contribution >= 0.6 is 0 Å². The van der Waals surface area contributed by atoms with Crippen LogP contribution in [0.2, 0.25) is 0 Å². The average molecular weight is 565 g/mol. The van der Waals surface area contributed by atoms with E-state index in [1.165, 1.54) is 6.42 Å². The Bertz CT molecular complexity index is 1180. The second kappa shape index (κ2) is 14.3. The molecule has 0 bridgehead atoms. The SMILES string of the molecule is C[C@@H]1CN([C@@H](C)CO)C(=O)Cc2cc(NC(=O)Cc3ccccc3)ccc2O[C@@H]1CN(C)C(=O)NC1CCCCC1. The zero-order valence-corrected chi connectivity index (χ0v) is 24.5. The van der Waals surface area contributed by atoms with Crippen LogP contribution in [0.3, 0.4) is 0 Å². The molecule has 2 aliphatic rings. The fourth-order valence-corrected chi connectivity index (χ4v) is 5.60. The average Bonchev–Trinajstić information content (AvgIpc) is 3.01. The van der Waals surface area contributed by atoms with Gasteiger partial charge in [0.15, 0.2) is 0 Å². The number of hydrogen-bond donors (Lipinski definition) is 3. The van der Waals surface area contributed by atoms with E-state index >= 15 is 0 Å². The van der Waals surface area contributed by atoms with E-state index in [2.05, 4.69) is 10.6 Å². The predicted octanol–water partition coefficient (Wildman–Crippen LogP) is 3.99. The number of carbonyl (C=O) groups is 3. The first-order valence-corrected chi connectivity index (χ1v) is 14.8. The largest absolute Gasteiger partial charge is 0.488 e. The fourth-order valence-electron chi connectivity index (χ4n) is 5.60. The van der Waals surface area contributed by atoms with Gasteiger partial charge in [-0.3, -0.25) is 9.59 Å². The molecule has 1 fully saturated rings. The summed E-state index contributed by atoms with van der Waals surface area (Å²) in [4.78, 5) is 42.5. The molecule has 4 rings (SSSR count). The Morgan fingerprint density at radius 2 is 1.85 bits per heavy atom. The van der Waals surface area contributed by atoms with Crippen LogP contribution in [0.4, 0.5) is 10.5 Å². The van der Waals surface area contributed by atoms with Gasteiger partial charge in [-0.05, 0) is 43.5 Å². The summed E-state index contributed by atoms with van der Waals surface area (Å²) in [5, 5.41) is 16.0.